The summed E-state index contributed by atoms with van der Waals surface area (Å²) in [5.41, 5.74) is -0.0382. The van der Waals surface area contributed by atoms with E-state index in [-0.39, 0.29) is 17.1 Å². The van der Waals surface area contributed by atoms with E-state index in [1.807, 2.05) is 0 Å². The minimum atomic E-state index is -3.42. The average Bonchev–Trinajstić information content (AvgIpc) is 2.25. The number of ether oxygens (including phenoxy) is 2. The van der Waals surface area contributed by atoms with Gasteiger partial charge in [0.2, 0.25) is 0 Å². The standard InChI is InChI=1S/C10H11BrF2O3/c1-15-7-5-3-4-6(8(7)16-2)9(14)10(11,12)13/h3-5,9,14H,1-2H3. The molecule has 0 fully saturated rings. The zero-order valence-corrected chi connectivity index (χ0v) is 10.3. The molecule has 0 saturated carbocycles. The monoisotopic (exact) mass is 296 g/mol. The van der Waals surface area contributed by atoms with Crippen LogP contribution in [-0.4, -0.2) is 24.2 Å². The van der Waals surface area contributed by atoms with Gasteiger partial charge in [-0.1, -0.05) is 12.1 Å². The first-order chi connectivity index (χ1) is 7.41. The lowest BCUT2D eigenvalue weighted by molar-refractivity contribution is -0.0306. The predicted molar refractivity (Wildman–Crippen MR) is 58.4 cm³/mol. The fourth-order valence-electron chi connectivity index (χ4n) is 1.30. The molecule has 0 radical (unpaired) electrons. The van der Waals surface area contributed by atoms with Crippen LogP contribution in [0.15, 0.2) is 18.2 Å². The second-order valence-corrected chi connectivity index (χ2v) is 4.08. The van der Waals surface area contributed by atoms with Crippen LogP contribution in [-0.2, 0) is 0 Å². The Kier molecular flexibility index (Phi) is 4.09. The van der Waals surface area contributed by atoms with Gasteiger partial charge in [0.25, 0.3) is 0 Å². The van der Waals surface area contributed by atoms with Crippen LogP contribution in [0.4, 0.5) is 8.78 Å². The average molecular weight is 297 g/mol. The quantitative estimate of drug-likeness (QED) is 0.869. The van der Waals surface area contributed by atoms with Crippen LogP contribution in [0.3, 0.4) is 0 Å². The lowest BCUT2D eigenvalue weighted by Gasteiger charge is -2.20. The van der Waals surface area contributed by atoms with Crippen molar-refractivity contribution in [1.82, 2.24) is 0 Å². The second kappa shape index (κ2) is 4.97. The molecule has 1 atom stereocenters. The van der Waals surface area contributed by atoms with E-state index in [1.165, 1.54) is 26.4 Å². The first-order valence-electron chi connectivity index (χ1n) is 4.37. The summed E-state index contributed by atoms with van der Waals surface area (Å²) in [4.78, 5) is -3.42. The molecule has 0 amide bonds. The van der Waals surface area contributed by atoms with Crippen LogP contribution < -0.4 is 9.47 Å². The zero-order valence-electron chi connectivity index (χ0n) is 8.71. The highest BCUT2D eigenvalue weighted by molar-refractivity contribution is 9.10. The number of benzene rings is 1. The Balaban J connectivity index is 3.23. The number of hydrogen-bond donors (Lipinski definition) is 1. The van der Waals surface area contributed by atoms with Gasteiger partial charge in [-0.05, 0) is 22.0 Å². The topological polar surface area (TPSA) is 38.7 Å². The van der Waals surface area contributed by atoms with E-state index in [1.54, 1.807) is 6.07 Å². The van der Waals surface area contributed by atoms with Crippen LogP contribution in [0.5, 0.6) is 11.5 Å². The Morgan fingerprint density at radius 2 is 1.94 bits per heavy atom. The fourth-order valence-corrected chi connectivity index (χ4v) is 1.55. The smallest absolute Gasteiger partial charge is 0.330 e. The molecule has 0 spiro atoms. The third-order valence-corrected chi connectivity index (χ3v) is 2.47. The second-order valence-electron chi connectivity index (χ2n) is 3.03. The SMILES string of the molecule is COc1cccc(C(O)C(F)(F)Br)c1OC. The highest BCUT2D eigenvalue weighted by atomic mass is 79.9. The number of rotatable bonds is 4. The predicted octanol–water partition coefficient (Wildman–Crippen LogP) is 2.72. The first-order valence-corrected chi connectivity index (χ1v) is 5.16. The van der Waals surface area contributed by atoms with Gasteiger partial charge in [0.15, 0.2) is 17.6 Å². The van der Waals surface area contributed by atoms with Crippen LogP contribution in [0.2, 0.25) is 0 Å². The Labute approximate surface area is 100 Å². The van der Waals surface area contributed by atoms with Crippen molar-refractivity contribution in [2.24, 2.45) is 0 Å². The van der Waals surface area contributed by atoms with Crippen molar-refractivity contribution >= 4 is 15.9 Å². The van der Waals surface area contributed by atoms with Gasteiger partial charge in [0, 0.05) is 5.56 Å². The third kappa shape index (κ3) is 2.62. The molecule has 3 nitrogen and oxygen atoms in total. The van der Waals surface area contributed by atoms with E-state index in [9.17, 15) is 13.9 Å². The van der Waals surface area contributed by atoms with E-state index >= 15 is 0 Å². The van der Waals surface area contributed by atoms with Crippen molar-refractivity contribution in [3.05, 3.63) is 23.8 Å². The summed E-state index contributed by atoms with van der Waals surface area (Å²) >= 11 is 2.11. The maximum absolute atomic E-state index is 12.9. The normalized spacial score (nSPS) is 13.4. The molecule has 1 aromatic carbocycles. The molecule has 6 heteroatoms. The van der Waals surface area contributed by atoms with Gasteiger partial charge in [-0.2, -0.15) is 8.78 Å². The van der Waals surface area contributed by atoms with Crippen molar-refractivity contribution in [1.29, 1.82) is 0 Å². The minimum Gasteiger partial charge on any atom is -0.493 e. The van der Waals surface area contributed by atoms with Gasteiger partial charge >= 0.3 is 4.83 Å². The molecule has 0 bridgehead atoms. The highest BCUT2D eigenvalue weighted by Crippen LogP contribution is 2.43. The molecule has 0 aliphatic heterocycles. The molecule has 0 aromatic heterocycles. The summed E-state index contributed by atoms with van der Waals surface area (Å²) in [5, 5.41) is 9.46. The molecular formula is C10H11BrF2O3. The number of aliphatic hydroxyl groups excluding tert-OH is 1. The zero-order chi connectivity index (χ0) is 12.3. The van der Waals surface area contributed by atoms with Crippen molar-refractivity contribution < 1.29 is 23.4 Å². The van der Waals surface area contributed by atoms with Crippen LogP contribution in [0.1, 0.15) is 11.7 Å². The van der Waals surface area contributed by atoms with Gasteiger partial charge in [-0.3, -0.25) is 0 Å². The summed E-state index contributed by atoms with van der Waals surface area (Å²) in [6, 6.07) is 4.40. The lowest BCUT2D eigenvalue weighted by atomic mass is 10.1. The maximum Gasteiger partial charge on any atom is 0.330 e. The number of para-hydroxylation sites is 1. The number of methoxy groups -OCH3 is 2. The van der Waals surface area contributed by atoms with Crippen LogP contribution in [0.25, 0.3) is 0 Å². The van der Waals surface area contributed by atoms with E-state index < -0.39 is 10.9 Å². The lowest BCUT2D eigenvalue weighted by Crippen LogP contribution is -2.19. The summed E-state index contributed by atoms with van der Waals surface area (Å²) in [5.74, 6) is 0.382. The Bertz CT molecular complexity index is 366. The van der Waals surface area contributed by atoms with Crippen molar-refractivity contribution in [2.75, 3.05) is 14.2 Å². The summed E-state index contributed by atoms with van der Waals surface area (Å²) < 4.78 is 35.7. The molecule has 0 saturated heterocycles. The molecule has 0 aliphatic carbocycles. The molecule has 1 unspecified atom stereocenters. The van der Waals surface area contributed by atoms with E-state index in [0.29, 0.717) is 0 Å². The number of aliphatic hydroxyl groups is 1. The minimum absolute atomic E-state index is 0.0382. The molecule has 0 aliphatic rings. The Hall–Kier alpha value is -0.880. The maximum atomic E-state index is 12.9. The molecule has 90 valence electrons. The molecule has 16 heavy (non-hydrogen) atoms. The number of hydrogen-bond acceptors (Lipinski definition) is 3. The number of halogens is 3. The van der Waals surface area contributed by atoms with Gasteiger partial charge in [-0.15, -0.1) is 0 Å². The van der Waals surface area contributed by atoms with Gasteiger partial charge < -0.3 is 14.6 Å². The van der Waals surface area contributed by atoms with Gasteiger partial charge in [0.05, 0.1) is 14.2 Å². The van der Waals surface area contributed by atoms with E-state index in [0.717, 1.165) is 0 Å². The number of alkyl halides is 3. The summed E-state index contributed by atoms with van der Waals surface area (Å²) in [6.45, 7) is 0. The summed E-state index contributed by atoms with van der Waals surface area (Å²) in [6.07, 6.45) is -2.00. The van der Waals surface area contributed by atoms with Gasteiger partial charge in [0.1, 0.15) is 0 Å². The van der Waals surface area contributed by atoms with E-state index in [4.69, 9.17) is 9.47 Å². The third-order valence-electron chi connectivity index (χ3n) is 2.04. The molecule has 0 heterocycles. The molecule has 1 aromatic rings. The first kappa shape index (κ1) is 13.2. The summed E-state index contributed by atoms with van der Waals surface area (Å²) in [7, 11) is 2.71. The molecule has 1 N–H and O–H groups in total. The van der Waals surface area contributed by atoms with Crippen molar-refractivity contribution in [3.8, 4) is 11.5 Å². The Morgan fingerprint density at radius 1 is 1.31 bits per heavy atom. The largest absolute Gasteiger partial charge is 0.493 e. The highest BCUT2D eigenvalue weighted by Gasteiger charge is 2.38. The molecular weight excluding hydrogens is 286 g/mol. The van der Waals surface area contributed by atoms with Crippen molar-refractivity contribution in [2.45, 2.75) is 10.9 Å². The van der Waals surface area contributed by atoms with Crippen molar-refractivity contribution in [3.63, 3.8) is 0 Å². The fraction of sp³-hybridized carbons (Fsp3) is 0.400. The van der Waals surface area contributed by atoms with Crippen LogP contribution in [0, 0.1) is 0 Å². The molecule has 1 rings (SSSR count). The van der Waals surface area contributed by atoms with Gasteiger partial charge in [-0.25, -0.2) is 0 Å². The van der Waals surface area contributed by atoms with Crippen LogP contribution >= 0.6 is 15.9 Å². The Morgan fingerprint density at radius 3 is 2.38 bits per heavy atom. The van der Waals surface area contributed by atoms with E-state index in [2.05, 4.69) is 15.9 Å².